The number of fused-ring (bicyclic) bond motifs is 6. The van der Waals surface area contributed by atoms with Gasteiger partial charge < -0.3 is 39.8 Å². The molecule has 4 N–H and O–H groups in total. The van der Waals surface area contributed by atoms with Crippen LogP contribution in [0, 0.1) is 11.3 Å². The summed E-state index contributed by atoms with van der Waals surface area (Å²) >= 11 is 0. The minimum Gasteiger partial charge on any atom is -0.458 e. The summed E-state index contributed by atoms with van der Waals surface area (Å²) in [5, 5.41) is 26.8. The molecule has 6 fully saturated rings. The van der Waals surface area contributed by atoms with Crippen molar-refractivity contribution in [3.05, 3.63) is 76.9 Å². The van der Waals surface area contributed by atoms with Crippen molar-refractivity contribution >= 4 is 23.9 Å². The van der Waals surface area contributed by atoms with Gasteiger partial charge in [-0.1, -0.05) is 60.7 Å². The van der Waals surface area contributed by atoms with Gasteiger partial charge in [0.15, 0.2) is 11.8 Å². The van der Waals surface area contributed by atoms with Crippen LogP contribution in [0.15, 0.2) is 54.6 Å². The number of nitrogens with one attached hydrogen (secondary N) is 2. The Morgan fingerprint density at radius 2 is 1.77 bits per heavy atom. The number of aliphatic hydroxyl groups is 2. The number of epoxide rings is 1. The maximum absolute atomic E-state index is 14.8. The van der Waals surface area contributed by atoms with Crippen LogP contribution in [0.1, 0.15) is 54.9 Å². The Labute approximate surface area is 301 Å². The molecule has 1 spiro atoms. The van der Waals surface area contributed by atoms with Crippen molar-refractivity contribution in [2.24, 2.45) is 11.3 Å². The molecule has 4 saturated heterocycles. The van der Waals surface area contributed by atoms with E-state index in [-0.39, 0.29) is 26.1 Å². The van der Waals surface area contributed by atoms with Gasteiger partial charge >= 0.3 is 5.97 Å². The van der Waals surface area contributed by atoms with Gasteiger partial charge in [-0.25, -0.2) is 0 Å². The lowest BCUT2D eigenvalue weighted by atomic mass is 9.62. The molecule has 52 heavy (non-hydrogen) atoms. The van der Waals surface area contributed by atoms with E-state index in [2.05, 4.69) is 22.8 Å². The van der Waals surface area contributed by atoms with Gasteiger partial charge in [-0.15, -0.1) is 0 Å². The Bertz CT molecular complexity index is 1760. The first-order valence-electron chi connectivity index (χ1n) is 18.5. The lowest BCUT2D eigenvalue weighted by molar-refractivity contribution is -0.217. The number of esters is 1. The number of hydrogen-bond acceptors (Lipinski definition) is 11. The number of rotatable bonds is 10. The maximum atomic E-state index is 14.8. The highest BCUT2D eigenvalue weighted by Crippen LogP contribution is 2.58. The van der Waals surface area contributed by atoms with Gasteiger partial charge in [0, 0.05) is 25.8 Å². The van der Waals surface area contributed by atoms with E-state index in [1.54, 1.807) is 5.06 Å². The van der Waals surface area contributed by atoms with Crippen LogP contribution in [0.25, 0.3) is 6.08 Å². The summed E-state index contributed by atoms with van der Waals surface area (Å²) in [6.07, 6.45) is 4.84. The quantitative estimate of drug-likeness (QED) is 0.207. The van der Waals surface area contributed by atoms with Crippen LogP contribution in [0.3, 0.4) is 0 Å². The zero-order chi connectivity index (χ0) is 35.8. The van der Waals surface area contributed by atoms with Crippen LogP contribution in [-0.2, 0) is 57.6 Å². The van der Waals surface area contributed by atoms with E-state index < -0.39 is 71.6 Å². The van der Waals surface area contributed by atoms with Gasteiger partial charge in [-0.2, -0.15) is 5.06 Å². The molecular weight excluding hydrogens is 670 g/mol. The smallest absolute Gasteiger partial charge is 0.327 e. The third-order valence-electron chi connectivity index (χ3n) is 12.1. The Morgan fingerprint density at radius 3 is 2.52 bits per heavy atom. The molecule has 4 heterocycles. The number of nitrogens with zero attached hydrogens (tertiary/aromatic N) is 1. The number of aliphatic hydroxyl groups excluding tert-OH is 2. The summed E-state index contributed by atoms with van der Waals surface area (Å²) in [6.45, 7) is 1.20. The van der Waals surface area contributed by atoms with E-state index in [4.69, 9.17) is 23.8 Å². The molecule has 9 rings (SSSR count). The first-order chi connectivity index (χ1) is 25.2. The SMILES string of the molecule is C[C@H](O)[C@@H](NC(=O)[C@@]12C[C@H]3OC(=O)[C@@H]1N(Cc1ccccc1C=CC1CCC4OC4C1)O[C@@H]2[C@H]1OC2(Cc4ccccc4C2)O[C@H]13)C(=O)NCCO. The van der Waals surface area contributed by atoms with Crippen LogP contribution < -0.4 is 10.6 Å². The van der Waals surface area contributed by atoms with E-state index in [9.17, 15) is 24.6 Å². The van der Waals surface area contributed by atoms with E-state index in [1.807, 2.05) is 48.5 Å². The van der Waals surface area contributed by atoms with Crippen LogP contribution in [-0.4, -0.2) is 107 Å². The molecule has 4 aliphatic heterocycles. The minimum absolute atomic E-state index is 0.0531. The molecular formula is C39H45N3O10. The molecule has 13 heteroatoms. The second kappa shape index (κ2) is 13.0. The number of amides is 2. The molecule has 2 saturated carbocycles. The Hall–Kier alpha value is -3.69. The van der Waals surface area contributed by atoms with Crippen molar-refractivity contribution in [3.8, 4) is 0 Å². The van der Waals surface area contributed by atoms with Crippen molar-refractivity contribution in [3.63, 3.8) is 0 Å². The number of allylic oxidation sites excluding steroid dienone is 1. The highest BCUT2D eigenvalue weighted by Gasteiger charge is 2.76. The predicted octanol–water partition coefficient (Wildman–Crippen LogP) is 1.32. The number of hydroxylamine groups is 2. The lowest BCUT2D eigenvalue weighted by Gasteiger charge is -2.49. The van der Waals surface area contributed by atoms with Gasteiger partial charge in [0.25, 0.3) is 0 Å². The van der Waals surface area contributed by atoms with Crippen molar-refractivity contribution in [1.29, 1.82) is 0 Å². The number of benzene rings is 2. The molecule has 2 aromatic rings. The van der Waals surface area contributed by atoms with Crippen LogP contribution in [0.5, 0.6) is 0 Å². The molecule has 276 valence electrons. The Morgan fingerprint density at radius 1 is 1.02 bits per heavy atom. The van der Waals surface area contributed by atoms with E-state index in [0.29, 0.717) is 31.0 Å². The molecule has 3 aliphatic carbocycles. The summed E-state index contributed by atoms with van der Waals surface area (Å²) < 4.78 is 25.4. The molecule has 13 nitrogen and oxygen atoms in total. The average Bonchev–Trinajstić information content (AvgIpc) is 3.48. The number of carbonyl (C=O) groups excluding carboxylic acids is 3. The van der Waals surface area contributed by atoms with Crippen LogP contribution in [0.2, 0.25) is 0 Å². The molecule has 7 aliphatic rings. The largest absolute Gasteiger partial charge is 0.458 e. The van der Waals surface area contributed by atoms with Gasteiger partial charge in [0.1, 0.15) is 35.9 Å². The zero-order valence-corrected chi connectivity index (χ0v) is 29.0. The summed E-state index contributed by atoms with van der Waals surface area (Å²) in [5.41, 5.74) is 2.54. The molecule has 2 bridgehead atoms. The summed E-state index contributed by atoms with van der Waals surface area (Å²) in [7, 11) is 0. The van der Waals surface area contributed by atoms with Gasteiger partial charge in [-0.05, 0) is 54.4 Å². The molecule has 0 aromatic heterocycles. The van der Waals surface area contributed by atoms with Crippen molar-refractivity contribution < 1.29 is 48.4 Å². The fourth-order valence-electron chi connectivity index (χ4n) is 9.59. The average molecular weight is 716 g/mol. The topological polar surface area (TPSA) is 168 Å². The maximum Gasteiger partial charge on any atom is 0.327 e. The molecule has 3 unspecified atom stereocenters. The van der Waals surface area contributed by atoms with Crippen molar-refractivity contribution in [1.82, 2.24) is 15.7 Å². The second-order valence-electron chi connectivity index (χ2n) is 15.5. The summed E-state index contributed by atoms with van der Waals surface area (Å²) in [5.74, 6) is -2.50. The monoisotopic (exact) mass is 715 g/mol. The van der Waals surface area contributed by atoms with E-state index in [1.165, 1.54) is 6.92 Å². The molecule has 2 aromatic carbocycles. The van der Waals surface area contributed by atoms with Crippen molar-refractivity contribution in [2.75, 3.05) is 13.2 Å². The standard InChI is InChI=1S/C39H45N3O10/c1-21(44)30(35(45)40-14-15-43)41-37(47)39-19-29-31-32(51-38(50-31)17-24-7-3-4-8-25(24)18-38)34(39)52-42(33(39)36(46)49-29)20-26-9-5-2-6-23(26)12-10-22-11-13-27-28(16-22)48-27/h2-10,12,21-22,27-34,43-44H,11,13-20H2,1H3,(H,40,45)(H,41,47)/t21-,22?,27?,28?,29+,30+,31-,32-,33-,34+,39-/m0/s1. The zero-order valence-electron chi connectivity index (χ0n) is 29.0. The van der Waals surface area contributed by atoms with E-state index in [0.717, 1.165) is 41.5 Å². The Kier molecular flexibility index (Phi) is 8.53. The third kappa shape index (κ3) is 5.69. The molecule has 2 amide bonds. The molecule has 11 atom stereocenters. The van der Waals surface area contributed by atoms with E-state index >= 15 is 0 Å². The number of hydrogen-bond donors (Lipinski definition) is 4. The van der Waals surface area contributed by atoms with Crippen molar-refractivity contribution in [2.45, 2.75) is 113 Å². The molecule has 0 radical (unpaired) electrons. The predicted molar refractivity (Wildman–Crippen MR) is 183 cm³/mol. The highest BCUT2D eigenvalue weighted by atomic mass is 16.8. The van der Waals surface area contributed by atoms with Gasteiger partial charge in [0.05, 0.1) is 31.5 Å². The number of carbonyl (C=O) groups is 3. The fourth-order valence-corrected chi connectivity index (χ4v) is 9.59. The normalized spacial score (nSPS) is 36.1. The van der Waals surface area contributed by atoms with Crippen LogP contribution in [0.4, 0.5) is 0 Å². The fraction of sp³-hybridized carbons (Fsp3) is 0.564. The summed E-state index contributed by atoms with van der Waals surface area (Å²) in [4.78, 5) is 48.8. The first kappa shape index (κ1) is 34.1. The Balaban J connectivity index is 1.05. The summed E-state index contributed by atoms with van der Waals surface area (Å²) in [6, 6.07) is 13.4. The van der Waals surface area contributed by atoms with Gasteiger partial charge in [0.2, 0.25) is 11.8 Å². The number of ether oxygens (including phenoxy) is 4. The van der Waals surface area contributed by atoms with Crippen LogP contribution >= 0.6 is 0 Å². The van der Waals surface area contributed by atoms with Gasteiger partial charge in [-0.3, -0.25) is 19.2 Å². The highest BCUT2D eigenvalue weighted by molar-refractivity contribution is 5.96. The second-order valence-corrected chi connectivity index (χ2v) is 15.5. The first-order valence-corrected chi connectivity index (χ1v) is 18.5. The third-order valence-corrected chi connectivity index (χ3v) is 12.1. The minimum atomic E-state index is -1.54. The lowest BCUT2D eigenvalue weighted by Crippen LogP contribution is -2.71.